The van der Waals surface area contributed by atoms with Crippen LogP contribution in [-0.2, 0) is 11.2 Å². The van der Waals surface area contributed by atoms with Crippen LogP contribution in [0.25, 0.3) is 0 Å². The number of carbonyl (C=O) groups is 1. The fraction of sp³-hybridized carbons (Fsp3) is 0.125. The predicted octanol–water partition coefficient (Wildman–Crippen LogP) is 3.76. The van der Waals surface area contributed by atoms with Gasteiger partial charge in [0.25, 0.3) is 0 Å². The average Bonchev–Trinajstić information content (AvgIpc) is 2.46. The van der Waals surface area contributed by atoms with E-state index >= 15 is 0 Å². The van der Waals surface area contributed by atoms with Gasteiger partial charge in [-0.2, -0.15) is 5.26 Å². The van der Waals surface area contributed by atoms with E-state index in [1.54, 1.807) is 24.3 Å². The molecule has 0 saturated carbocycles. The standard InChI is InChI=1S/C16H11ClFNO2/c17-13-2-1-3-14(18)15(13)12(16(20)21)8-10-4-6-11(9-19)7-5-10/h1-7,12H,8H2,(H,20,21). The Labute approximate surface area is 126 Å². The zero-order valence-corrected chi connectivity index (χ0v) is 11.6. The summed E-state index contributed by atoms with van der Waals surface area (Å²) in [5.41, 5.74) is 1.16. The Morgan fingerprint density at radius 3 is 2.48 bits per heavy atom. The highest BCUT2D eigenvalue weighted by Gasteiger charge is 2.26. The van der Waals surface area contributed by atoms with E-state index in [2.05, 4.69) is 0 Å². The normalized spacial score (nSPS) is 11.7. The van der Waals surface area contributed by atoms with E-state index in [-0.39, 0.29) is 17.0 Å². The van der Waals surface area contributed by atoms with Crippen LogP contribution in [-0.4, -0.2) is 11.1 Å². The van der Waals surface area contributed by atoms with E-state index in [4.69, 9.17) is 16.9 Å². The Morgan fingerprint density at radius 2 is 1.95 bits per heavy atom. The van der Waals surface area contributed by atoms with E-state index in [9.17, 15) is 14.3 Å². The SMILES string of the molecule is N#Cc1ccc(CC(C(=O)O)c2c(F)cccc2Cl)cc1. The molecule has 0 saturated heterocycles. The molecule has 1 unspecified atom stereocenters. The minimum atomic E-state index is -1.15. The molecule has 0 aromatic heterocycles. The molecule has 1 N–H and O–H groups in total. The van der Waals surface area contributed by atoms with Gasteiger partial charge in [-0.05, 0) is 36.2 Å². The zero-order valence-electron chi connectivity index (χ0n) is 10.9. The van der Waals surface area contributed by atoms with Crippen molar-refractivity contribution >= 4 is 17.6 Å². The van der Waals surface area contributed by atoms with Crippen LogP contribution in [0.15, 0.2) is 42.5 Å². The minimum absolute atomic E-state index is 0.0176. The van der Waals surface area contributed by atoms with Gasteiger partial charge in [-0.15, -0.1) is 0 Å². The summed E-state index contributed by atoms with van der Waals surface area (Å²) < 4.78 is 13.9. The maximum Gasteiger partial charge on any atom is 0.311 e. The molecule has 0 amide bonds. The van der Waals surface area contributed by atoms with Crippen molar-refractivity contribution in [3.8, 4) is 6.07 Å². The second-order valence-electron chi connectivity index (χ2n) is 4.54. The Kier molecular flexibility index (Phi) is 4.56. The topological polar surface area (TPSA) is 61.1 Å². The maximum atomic E-state index is 13.9. The third-order valence-electron chi connectivity index (χ3n) is 3.17. The predicted molar refractivity (Wildman–Crippen MR) is 76.6 cm³/mol. The molecule has 3 nitrogen and oxygen atoms in total. The lowest BCUT2D eigenvalue weighted by Gasteiger charge is -2.15. The number of benzene rings is 2. The van der Waals surface area contributed by atoms with Gasteiger partial charge in [-0.25, -0.2) is 4.39 Å². The number of aliphatic carboxylic acids is 1. The molecular weight excluding hydrogens is 293 g/mol. The molecule has 5 heteroatoms. The highest BCUT2D eigenvalue weighted by molar-refractivity contribution is 6.31. The van der Waals surface area contributed by atoms with E-state index in [1.807, 2.05) is 6.07 Å². The van der Waals surface area contributed by atoms with Crippen molar-refractivity contribution in [2.75, 3.05) is 0 Å². The molecule has 2 aromatic rings. The largest absolute Gasteiger partial charge is 0.481 e. The summed E-state index contributed by atoms with van der Waals surface area (Å²) >= 11 is 5.94. The van der Waals surface area contributed by atoms with Crippen LogP contribution in [0.1, 0.15) is 22.6 Å². The summed E-state index contributed by atoms with van der Waals surface area (Å²) in [5.74, 6) is -2.86. The molecule has 1 atom stereocenters. The Bertz CT molecular complexity index is 687. The van der Waals surface area contributed by atoms with Gasteiger partial charge in [0.15, 0.2) is 0 Å². The fourth-order valence-corrected chi connectivity index (χ4v) is 2.40. The van der Waals surface area contributed by atoms with Gasteiger partial charge in [-0.1, -0.05) is 29.8 Å². The van der Waals surface area contributed by atoms with Gasteiger partial charge in [-0.3, -0.25) is 4.79 Å². The second-order valence-corrected chi connectivity index (χ2v) is 4.95. The quantitative estimate of drug-likeness (QED) is 0.935. The maximum absolute atomic E-state index is 13.9. The molecule has 0 heterocycles. The number of nitrogens with zero attached hydrogens (tertiary/aromatic N) is 1. The molecule has 2 rings (SSSR count). The average molecular weight is 304 g/mol. The monoisotopic (exact) mass is 303 g/mol. The van der Waals surface area contributed by atoms with Crippen LogP contribution in [0.5, 0.6) is 0 Å². The number of nitriles is 1. The van der Waals surface area contributed by atoms with Crippen molar-refractivity contribution in [3.05, 3.63) is 70.0 Å². The first kappa shape index (κ1) is 15.0. The number of carboxylic acid groups (broad SMARTS) is 1. The summed E-state index contributed by atoms with van der Waals surface area (Å²) in [7, 11) is 0. The molecule has 0 aliphatic carbocycles. The molecule has 0 aliphatic heterocycles. The van der Waals surface area contributed by atoms with E-state index in [1.165, 1.54) is 18.2 Å². The van der Waals surface area contributed by atoms with Crippen molar-refractivity contribution in [2.24, 2.45) is 0 Å². The van der Waals surface area contributed by atoms with Gasteiger partial charge >= 0.3 is 5.97 Å². The molecule has 2 aromatic carbocycles. The lowest BCUT2D eigenvalue weighted by Crippen LogP contribution is -2.16. The summed E-state index contributed by atoms with van der Waals surface area (Å²) in [5, 5.41) is 18.2. The van der Waals surface area contributed by atoms with Gasteiger partial charge < -0.3 is 5.11 Å². The lowest BCUT2D eigenvalue weighted by atomic mass is 9.91. The van der Waals surface area contributed by atoms with E-state index in [0.29, 0.717) is 11.1 Å². The van der Waals surface area contributed by atoms with Crippen LogP contribution >= 0.6 is 11.6 Å². The number of halogens is 2. The van der Waals surface area contributed by atoms with Crippen molar-refractivity contribution < 1.29 is 14.3 Å². The van der Waals surface area contributed by atoms with Crippen molar-refractivity contribution in [1.82, 2.24) is 0 Å². The molecule has 21 heavy (non-hydrogen) atoms. The lowest BCUT2D eigenvalue weighted by molar-refractivity contribution is -0.138. The Morgan fingerprint density at radius 1 is 1.29 bits per heavy atom. The number of hydrogen-bond donors (Lipinski definition) is 1. The summed E-state index contributed by atoms with van der Waals surface area (Å²) in [6.07, 6.45) is 0.0989. The van der Waals surface area contributed by atoms with Gasteiger partial charge in [0.2, 0.25) is 0 Å². The van der Waals surface area contributed by atoms with Crippen molar-refractivity contribution in [1.29, 1.82) is 5.26 Å². The highest BCUT2D eigenvalue weighted by Crippen LogP contribution is 2.30. The van der Waals surface area contributed by atoms with Crippen LogP contribution < -0.4 is 0 Å². The molecular formula is C16H11ClFNO2. The first-order valence-corrected chi connectivity index (χ1v) is 6.56. The minimum Gasteiger partial charge on any atom is -0.481 e. The van der Waals surface area contributed by atoms with Crippen LogP contribution in [0.3, 0.4) is 0 Å². The van der Waals surface area contributed by atoms with E-state index < -0.39 is 17.7 Å². The molecule has 106 valence electrons. The van der Waals surface area contributed by atoms with Crippen molar-refractivity contribution in [3.63, 3.8) is 0 Å². The Balaban J connectivity index is 2.36. The van der Waals surface area contributed by atoms with Crippen LogP contribution in [0, 0.1) is 17.1 Å². The fourth-order valence-electron chi connectivity index (χ4n) is 2.11. The number of carboxylic acids is 1. The van der Waals surface area contributed by atoms with Gasteiger partial charge in [0.1, 0.15) is 5.82 Å². The van der Waals surface area contributed by atoms with Crippen molar-refractivity contribution in [2.45, 2.75) is 12.3 Å². The molecule has 0 aliphatic rings. The number of hydrogen-bond acceptors (Lipinski definition) is 2. The molecule has 0 spiro atoms. The highest BCUT2D eigenvalue weighted by atomic mass is 35.5. The smallest absolute Gasteiger partial charge is 0.311 e. The molecule has 0 bridgehead atoms. The third kappa shape index (κ3) is 3.39. The Hall–Kier alpha value is -2.38. The second kappa shape index (κ2) is 6.38. The molecule has 0 radical (unpaired) electrons. The zero-order chi connectivity index (χ0) is 15.4. The van der Waals surface area contributed by atoms with Crippen LogP contribution in [0.4, 0.5) is 4.39 Å². The number of rotatable bonds is 4. The first-order chi connectivity index (χ1) is 10.0. The summed E-state index contributed by atoms with van der Waals surface area (Å²) in [6, 6.07) is 12.6. The van der Waals surface area contributed by atoms with Gasteiger partial charge in [0.05, 0.1) is 17.6 Å². The first-order valence-electron chi connectivity index (χ1n) is 6.18. The van der Waals surface area contributed by atoms with E-state index in [0.717, 1.165) is 0 Å². The van der Waals surface area contributed by atoms with Gasteiger partial charge in [0, 0.05) is 10.6 Å². The summed E-state index contributed by atoms with van der Waals surface area (Å²) in [4.78, 5) is 11.5. The summed E-state index contributed by atoms with van der Waals surface area (Å²) in [6.45, 7) is 0. The molecule has 0 fully saturated rings. The van der Waals surface area contributed by atoms with Crippen LogP contribution in [0.2, 0.25) is 5.02 Å². The third-order valence-corrected chi connectivity index (χ3v) is 3.50.